The number of fused-ring (bicyclic) bond motifs is 6. The minimum absolute atomic E-state index is 0.593. The van der Waals surface area contributed by atoms with E-state index in [9.17, 15) is 0 Å². The first-order valence-electron chi connectivity index (χ1n) is 16.5. The molecule has 234 valence electrons. The van der Waals surface area contributed by atoms with Crippen molar-refractivity contribution in [3.8, 4) is 51.0 Å². The van der Waals surface area contributed by atoms with Gasteiger partial charge in [-0.2, -0.15) is 0 Å². The number of benzene rings is 5. The molecule has 0 radical (unpaired) electrons. The Labute approximate surface area is 286 Å². The summed E-state index contributed by atoms with van der Waals surface area (Å²) in [6.07, 6.45) is 6.99. The Kier molecular flexibility index (Phi) is 6.35. The summed E-state index contributed by atoms with van der Waals surface area (Å²) < 4.78 is 2.33. The zero-order chi connectivity index (χ0) is 33.0. The predicted octanol–water partition coefficient (Wildman–Crippen LogP) is 10.1. The number of nitrogens with one attached hydrogen (secondary N) is 1. The van der Waals surface area contributed by atoms with Crippen LogP contribution < -0.4 is 0 Å². The lowest BCUT2D eigenvalue weighted by atomic mass is 10.0. The van der Waals surface area contributed by atoms with Crippen LogP contribution >= 0.6 is 0 Å². The maximum absolute atomic E-state index is 4.89. The van der Waals surface area contributed by atoms with Gasteiger partial charge in [-0.1, -0.05) is 48.5 Å². The zero-order valence-electron chi connectivity index (χ0n) is 26.7. The maximum Gasteiger partial charge on any atom is 0.164 e. The molecule has 0 aliphatic rings. The van der Waals surface area contributed by atoms with Gasteiger partial charge in [-0.25, -0.2) is 15.0 Å². The lowest BCUT2D eigenvalue weighted by Crippen LogP contribution is -2.00. The number of pyridine rings is 2. The van der Waals surface area contributed by atoms with Gasteiger partial charge in [0, 0.05) is 79.7 Å². The highest BCUT2D eigenvalue weighted by Gasteiger charge is 2.16. The van der Waals surface area contributed by atoms with Crippen LogP contribution in [0.5, 0.6) is 0 Å². The standard InChI is InChI=1S/C43H27N7/c1-3-7-37-33(5-1)35-25-30(11-15-38(35)46-37)31-12-16-40-36(26-31)34-6-2-4-8-39(34)50(40)32-13-9-27(10-14-32)41-47-42(28-17-21-44-22-18-28)49-43(48-41)29-19-23-45-24-20-29/h1-26,46H. The molecule has 1 N–H and O–H groups in total. The van der Waals surface area contributed by atoms with E-state index < -0.39 is 0 Å². The lowest BCUT2D eigenvalue weighted by Gasteiger charge is -2.11. The molecule has 0 amide bonds. The van der Waals surface area contributed by atoms with Gasteiger partial charge in [0.05, 0.1) is 11.0 Å². The second-order valence-corrected chi connectivity index (χ2v) is 12.3. The van der Waals surface area contributed by atoms with Gasteiger partial charge in [0.2, 0.25) is 0 Å². The summed E-state index contributed by atoms with van der Waals surface area (Å²) in [6.45, 7) is 0. The van der Waals surface area contributed by atoms with Crippen LogP contribution in [0.1, 0.15) is 0 Å². The first-order chi connectivity index (χ1) is 24.8. The summed E-state index contributed by atoms with van der Waals surface area (Å²) >= 11 is 0. The lowest BCUT2D eigenvalue weighted by molar-refractivity contribution is 1.07. The van der Waals surface area contributed by atoms with Crippen molar-refractivity contribution in [2.24, 2.45) is 0 Å². The van der Waals surface area contributed by atoms with Crippen LogP contribution in [0.4, 0.5) is 0 Å². The minimum Gasteiger partial charge on any atom is -0.355 e. The van der Waals surface area contributed by atoms with E-state index in [4.69, 9.17) is 15.0 Å². The summed E-state index contributed by atoms with van der Waals surface area (Å²) in [6, 6.07) is 46.7. The van der Waals surface area contributed by atoms with Gasteiger partial charge in [0.15, 0.2) is 17.5 Å². The zero-order valence-corrected chi connectivity index (χ0v) is 26.7. The number of rotatable bonds is 5. The molecular formula is C43H27N7. The fraction of sp³-hybridized carbons (Fsp3) is 0. The van der Waals surface area contributed by atoms with Crippen LogP contribution in [0.2, 0.25) is 0 Å². The smallest absolute Gasteiger partial charge is 0.164 e. The molecule has 0 bridgehead atoms. The number of nitrogens with zero attached hydrogens (tertiary/aromatic N) is 6. The fourth-order valence-corrected chi connectivity index (χ4v) is 6.98. The van der Waals surface area contributed by atoms with E-state index in [1.807, 2.05) is 24.3 Å². The van der Waals surface area contributed by atoms with Crippen LogP contribution in [-0.2, 0) is 0 Å². The predicted molar refractivity (Wildman–Crippen MR) is 201 cm³/mol. The third-order valence-corrected chi connectivity index (χ3v) is 9.41. The fourth-order valence-electron chi connectivity index (χ4n) is 6.98. The second-order valence-electron chi connectivity index (χ2n) is 12.3. The summed E-state index contributed by atoms with van der Waals surface area (Å²) in [5.74, 6) is 1.79. The van der Waals surface area contributed by atoms with Crippen molar-refractivity contribution >= 4 is 43.6 Å². The molecule has 0 saturated heterocycles. The Bertz CT molecular complexity index is 2800. The van der Waals surface area contributed by atoms with Crippen LogP contribution in [0, 0.1) is 0 Å². The number of hydrogen-bond acceptors (Lipinski definition) is 5. The molecule has 10 aromatic rings. The van der Waals surface area contributed by atoms with Crippen molar-refractivity contribution in [1.82, 2.24) is 34.5 Å². The van der Waals surface area contributed by atoms with E-state index in [-0.39, 0.29) is 0 Å². The van der Waals surface area contributed by atoms with E-state index in [2.05, 4.69) is 129 Å². The SMILES string of the molecule is c1ccc2c(c1)[nH]c1ccc(-c3ccc4c(c3)c3ccccc3n4-c3ccc(-c4nc(-c5ccncc5)nc(-c5ccncc5)n4)cc3)cc12. The van der Waals surface area contributed by atoms with Crippen molar-refractivity contribution < 1.29 is 0 Å². The van der Waals surface area contributed by atoms with E-state index in [1.54, 1.807) is 24.8 Å². The maximum atomic E-state index is 4.89. The monoisotopic (exact) mass is 641 g/mol. The highest BCUT2D eigenvalue weighted by atomic mass is 15.0. The van der Waals surface area contributed by atoms with E-state index in [0.717, 1.165) is 44.4 Å². The number of hydrogen-bond donors (Lipinski definition) is 1. The third-order valence-electron chi connectivity index (χ3n) is 9.41. The minimum atomic E-state index is 0.593. The topological polar surface area (TPSA) is 85.2 Å². The molecule has 0 atom stereocenters. The summed E-state index contributed by atoms with van der Waals surface area (Å²) in [5.41, 5.74) is 10.7. The van der Waals surface area contributed by atoms with Crippen molar-refractivity contribution in [3.63, 3.8) is 0 Å². The Morgan fingerprint density at radius 3 is 1.56 bits per heavy atom. The molecule has 7 heteroatoms. The van der Waals surface area contributed by atoms with Crippen LogP contribution in [0.15, 0.2) is 158 Å². The summed E-state index contributed by atoms with van der Waals surface area (Å²) in [5, 5.41) is 4.90. The molecule has 0 saturated carbocycles. The molecular weight excluding hydrogens is 615 g/mol. The summed E-state index contributed by atoms with van der Waals surface area (Å²) in [4.78, 5) is 26.5. The number of para-hydroxylation sites is 2. The van der Waals surface area contributed by atoms with Crippen molar-refractivity contribution in [2.45, 2.75) is 0 Å². The largest absolute Gasteiger partial charge is 0.355 e. The molecule has 50 heavy (non-hydrogen) atoms. The Morgan fingerprint density at radius 2 is 0.880 bits per heavy atom. The van der Waals surface area contributed by atoms with Crippen LogP contribution in [0.3, 0.4) is 0 Å². The Morgan fingerprint density at radius 1 is 0.380 bits per heavy atom. The van der Waals surface area contributed by atoms with Crippen molar-refractivity contribution in [2.75, 3.05) is 0 Å². The first kappa shape index (κ1) is 28.1. The molecule has 0 spiro atoms. The summed E-state index contributed by atoms with van der Waals surface area (Å²) in [7, 11) is 0. The molecule has 0 aliphatic heterocycles. The molecule has 10 rings (SSSR count). The molecule has 5 aromatic heterocycles. The molecule has 0 fully saturated rings. The van der Waals surface area contributed by atoms with Gasteiger partial charge in [-0.15, -0.1) is 0 Å². The Hall–Kier alpha value is -6.99. The number of aromatic nitrogens is 7. The quantitative estimate of drug-likeness (QED) is 0.202. The van der Waals surface area contributed by atoms with E-state index >= 15 is 0 Å². The highest BCUT2D eigenvalue weighted by molar-refractivity contribution is 6.11. The van der Waals surface area contributed by atoms with Crippen molar-refractivity contribution in [3.05, 3.63) is 158 Å². The van der Waals surface area contributed by atoms with Crippen molar-refractivity contribution in [1.29, 1.82) is 0 Å². The third kappa shape index (κ3) is 4.64. The van der Waals surface area contributed by atoms with Gasteiger partial charge in [0.1, 0.15) is 0 Å². The average Bonchev–Trinajstić information content (AvgIpc) is 3.73. The molecule has 5 heterocycles. The number of H-pyrrole nitrogens is 1. The van der Waals surface area contributed by atoms with Gasteiger partial charge in [-0.05, 0) is 96.1 Å². The Balaban J connectivity index is 1.07. The second kappa shape index (κ2) is 11.3. The van der Waals surface area contributed by atoms with Gasteiger partial charge >= 0.3 is 0 Å². The average molecular weight is 642 g/mol. The van der Waals surface area contributed by atoms with Crippen LogP contribution in [-0.4, -0.2) is 34.5 Å². The highest BCUT2D eigenvalue weighted by Crippen LogP contribution is 2.37. The molecule has 5 aromatic carbocycles. The van der Waals surface area contributed by atoms with Gasteiger partial charge in [0.25, 0.3) is 0 Å². The van der Waals surface area contributed by atoms with Crippen LogP contribution in [0.25, 0.3) is 94.6 Å². The molecule has 0 aliphatic carbocycles. The molecule has 7 nitrogen and oxygen atoms in total. The van der Waals surface area contributed by atoms with Gasteiger partial charge < -0.3 is 9.55 Å². The van der Waals surface area contributed by atoms with Gasteiger partial charge in [-0.3, -0.25) is 9.97 Å². The number of aromatic amines is 1. The van der Waals surface area contributed by atoms with E-state index in [0.29, 0.717) is 17.5 Å². The normalized spacial score (nSPS) is 11.6. The first-order valence-corrected chi connectivity index (χ1v) is 16.5. The van der Waals surface area contributed by atoms with E-state index in [1.165, 1.54) is 32.7 Å². The molecule has 0 unspecified atom stereocenters.